The summed E-state index contributed by atoms with van der Waals surface area (Å²) in [7, 11) is 3.10. The fraction of sp³-hybridized carbons (Fsp3) is 0.167. The minimum absolute atomic E-state index is 0.236. The molecule has 2 rings (SSSR count). The Morgan fingerprint density at radius 1 is 1.05 bits per heavy atom. The maximum atomic E-state index is 5.98. The molecule has 2 aromatic rings. The minimum atomic E-state index is 0.236. The standard InChI is InChI=1S/C12H9BrCl2N2O2/c1-18-7-5-3-4-6(9(7)19-2)12-16-10(14)8(13)11(15)17-12/h3-5H,1-2H3. The van der Waals surface area contributed by atoms with E-state index >= 15 is 0 Å². The van der Waals surface area contributed by atoms with Crippen LogP contribution >= 0.6 is 39.1 Å². The van der Waals surface area contributed by atoms with Crippen molar-refractivity contribution < 1.29 is 9.47 Å². The molecule has 1 aromatic carbocycles. The van der Waals surface area contributed by atoms with E-state index in [0.717, 1.165) is 0 Å². The molecule has 1 aromatic heterocycles. The Morgan fingerprint density at radius 2 is 1.68 bits per heavy atom. The number of halogens is 3. The third-order valence-corrected chi connectivity index (χ3v) is 4.17. The zero-order chi connectivity index (χ0) is 14.0. The first-order valence-corrected chi connectivity index (χ1v) is 6.73. The van der Waals surface area contributed by atoms with Crippen LogP contribution in [0, 0.1) is 0 Å². The van der Waals surface area contributed by atoms with E-state index in [1.807, 2.05) is 6.07 Å². The number of methoxy groups -OCH3 is 2. The van der Waals surface area contributed by atoms with Crippen LogP contribution < -0.4 is 9.47 Å². The monoisotopic (exact) mass is 362 g/mol. The first-order chi connectivity index (χ1) is 9.08. The van der Waals surface area contributed by atoms with E-state index in [1.54, 1.807) is 26.4 Å². The highest BCUT2D eigenvalue weighted by Gasteiger charge is 2.16. The Kier molecular flexibility index (Phi) is 4.50. The van der Waals surface area contributed by atoms with Crippen molar-refractivity contribution in [3.8, 4) is 22.9 Å². The zero-order valence-corrected chi connectivity index (χ0v) is 13.2. The molecule has 7 heteroatoms. The summed E-state index contributed by atoms with van der Waals surface area (Å²) in [6.45, 7) is 0. The molecule has 4 nitrogen and oxygen atoms in total. The van der Waals surface area contributed by atoms with Crippen molar-refractivity contribution >= 4 is 39.1 Å². The van der Waals surface area contributed by atoms with Crippen molar-refractivity contribution in [1.29, 1.82) is 0 Å². The minimum Gasteiger partial charge on any atom is -0.493 e. The van der Waals surface area contributed by atoms with Crippen LogP contribution in [0.25, 0.3) is 11.4 Å². The number of hydrogen-bond acceptors (Lipinski definition) is 4. The van der Waals surface area contributed by atoms with E-state index in [9.17, 15) is 0 Å². The predicted octanol–water partition coefficient (Wildman–Crippen LogP) is 4.23. The van der Waals surface area contributed by atoms with Gasteiger partial charge in [-0.2, -0.15) is 0 Å². The molecule has 0 bridgehead atoms. The fourth-order valence-electron chi connectivity index (χ4n) is 1.58. The summed E-state index contributed by atoms with van der Waals surface area (Å²) in [4.78, 5) is 8.35. The Balaban J connectivity index is 2.65. The lowest BCUT2D eigenvalue weighted by molar-refractivity contribution is 0.356. The normalized spacial score (nSPS) is 10.4. The Morgan fingerprint density at radius 3 is 2.21 bits per heavy atom. The fourth-order valence-corrected chi connectivity index (χ4v) is 2.14. The van der Waals surface area contributed by atoms with Gasteiger partial charge in [0.1, 0.15) is 10.3 Å². The molecular formula is C12H9BrCl2N2O2. The van der Waals surface area contributed by atoms with Gasteiger partial charge in [0.15, 0.2) is 17.3 Å². The largest absolute Gasteiger partial charge is 0.493 e. The average Bonchev–Trinajstić information content (AvgIpc) is 2.43. The number of hydrogen-bond donors (Lipinski definition) is 0. The molecule has 0 aliphatic rings. The number of rotatable bonds is 3. The predicted molar refractivity (Wildman–Crippen MR) is 78.3 cm³/mol. The van der Waals surface area contributed by atoms with Gasteiger partial charge in [0.05, 0.1) is 24.3 Å². The zero-order valence-electron chi connectivity index (χ0n) is 10.1. The van der Waals surface area contributed by atoms with Gasteiger partial charge in [0, 0.05) is 0 Å². The Hall–Kier alpha value is -1.04. The summed E-state index contributed by atoms with van der Waals surface area (Å²) in [6.07, 6.45) is 0. The van der Waals surface area contributed by atoms with Crippen LogP contribution in [0.5, 0.6) is 11.5 Å². The summed E-state index contributed by atoms with van der Waals surface area (Å²) in [6, 6.07) is 5.39. The van der Waals surface area contributed by atoms with Crippen LogP contribution in [-0.4, -0.2) is 24.2 Å². The molecule has 0 saturated carbocycles. The van der Waals surface area contributed by atoms with Crippen LogP contribution in [0.15, 0.2) is 22.7 Å². The third-order valence-electron chi connectivity index (χ3n) is 2.41. The maximum absolute atomic E-state index is 5.98. The average molecular weight is 364 g/mol. The molecule has 19 heavy (non-hydrogen) atoms. The molecule has 0 radical (unpaired) electrons. The van der Waals surface area contributed by atoms with Crippen LogP contribution in [-0.2, 0) is 0 Å². The molecule has 1 heterocycles. The number of ether oxygens (including phenoxy) is 2. The van der Waals surface area contributed by atoms with Gasteiger partial charge in [-0.3, -0.25) is 0 Å². The molecule has 0 atom stereocenters. The van der Waals surface area contributed by atoms with Crippen molar-refractivity contribution in [2.45, 2.75) is 0 Å². The number of nitrogens with zero attached hydrogens (tertiary/aromatic N) is 2. The molecule has 0 fully saturated rings. The summed E-state index contributed by atoms with van der Waals surface area (Å²) < 4.78 is 11.0. The molecule has 0 aliphatic carbocycles. The van der Waals surface area contributed by atoms with Crippen molar-refractivity contribution in [1.82, 2.24) is 9.97 Å². The van der Waals surface area contributed by atoms with Gasteiger partial charge in [-0.1, -0.05) is 29.3 Å². The van der Waals surface area contributed by atoms with E-state index in [0.29, 0.717) is 27.4 Å². The lowest BCUT2D eigenvalue weighted by atomic mass is 10.1. The first kappa shape index (κ1) is 14.4. The van der Waals surface area contributed by atoms with Gasteiger partial charge in [-0.25, -0.2) is 9.97 Å². The van der Waals surface area contributed by atoms with E-state index in [4.69, 9.17) is 32.7 Å². The van der Waals surface area contributed by atoms with Crippen LogP contribution in [0.4, 0.5) is 0 Å². The molecule has 0 amide bonds. The molecule has 0 spiro atoms. The Labute approximate surface area is 128 Å². The van der Waals surface area contributed by atoms with Crippen LogP contribution in [0.1, 0.15) is 0 Å². The highest BCUT2D eigenvalue weighted by molar-refractivity contribution is 9.10. The molecule has 0 unspecified atom stereocenters. The van der Waals surface area contributed by atoms with Gasteiger partial charge < -0.3 is 9.47 Å². The topological polar surface area (TPSA) is 44.2 Å². The van der Waals surface area contributed by atoms with Crippen LogP contribution in [0.2, 0.25) is 10.3 Å². The van der Waals surface area contributed by atoms with E-state index in [1.165, 1.54) is 0 Å². The van der Waals surface area contributed by atoms with Crippen molar-refractivity contribution in [2.24, 2.45) is 0 Å². The second-order valence-corrected chi connectivity index (χ2v) is 4.99. The van der Waals surface area contributed by atoms with E-state index < -0.39 is 0 Å². The van der Waals surface area contributed by atoms with E-state index in [-0.39, 0.29) is 10.3 Å². The summed E-state index contributed by atoms with van der Waals surface area (Å²) in [5.41, 5.74) is 0.651. The first-order valence-electron chi connectivity index (χ1n) is 5.18. The molecule has 0 aliphatic heterocycles. The molecule has 0 saturated heterocycles. The second-order valence-electron chi connectivity index (χ2n) is 3.48. The summed E-state index contributed by atoms with van der Waals surface area (Å²) >= 11 is 15.2. The van der Waals surface area contributed by atoms with Crippen molar-refractivity contribution in [3.63, 3.8) is 0 Å². The van der Waals surface area contributed by atoms with Gasteiger partial charge in [-0.05, 0) is 28.1 Å². The lowest BCUT2D eigenvalue weighted by Gasteiger charge is -2.12. The molecule has 100 valence electrons. The van der Waals surface area contributed by atoms with Gasteiger partial charge in [0.25, 0.3) is 0 Å². The summed E-state index contributed by atoms with van der Waals surface area (Å²) in [5.74, 6) is 1.48. The molecular weight excluding hydrogens is 355 g/mol. The number of benzene rings is 1. The maximum Gasteiger partial charge on any atom is 0.171 e. The van der Waals surface area contributed by atoms with Gasteiger partial charge in [0.2, 0.25) is 0 Å². The van der Waals surface area contributed by atoms with Crippen molar-refractivity contribution in [2.75, 3.05) is 14.2 Å². The van der Waals surface area contributed by atoms with Gasteiger partial charge in [-0.15, -0.1) is 0 Å². The molecule has 0 N–H and O–H groups in total. The van der Waals surface area contributed by atoms with Crippen molar-refractivity contribution in [3.05, 3.63) is 33.0 Å². The SMILES string of the molecule is COc1cccc(-c2nc(Cl)c(Br)c(Cl)n2)c1OC. The second kappa shape index (κ2) is 5.94. The lowest BCUT2D eigenvalue weighted by Crippen LogP contribution is -1.97. The van der Waals surface area contributed by atoms with Gasteiger partial charge >= 0.3 is 0 Å². The van der Waals surface area contributed by atoms with Crippen LogP contribution in [0.3, 0.4) is 0 Å². The number of aromatic nitrogens is 2. The third kappa shape index (κ3) is 2.78. The quantitative estimate of drug-likeness (QED) is 0.765. The van der Waals surface area contributed by atoms with E-state index in [2.05, 4.69) is 25.9 Å². The highest BCUT2D eigenvalue weighted by atomic mass is 79.9. The highest BCUT2D eigenvalue weighted by Crippen LogP contribution is 2.38. The Bertz CT molecular complexity index is 600. The smallest absolute Gasteiger partial charge is 0.171 e. The summed E-state index contributed by atoms with van der Waals surface area (Å²) in [5, 5.41) is 0.472. The number of para-hydroxylation sites is 1.